The zero-order valence-electron chi connectivity index (χ0n) is 16.8. The van der Waals surface area contributed by atoms with Crippen molar-refractivity contribution in [2.24, 2.45) is 10.2 Å². The molecule has 152 valence electrons. The van der Waals surface area contributed by atoms with Gasteiger partial charge in [-0.1, -0.05) is 12.1 Å². The number of phenols is 1. The van der Waals surface area contributed by atoms with Crippen LogP contribution >= 0.6 is 0 Å². The van der Waals surface area contributed by atoms with Gasteiger partial charge in [-0.25, -0.2) is 9.48 Å². The number of benzene rings is 2. The van der Waals surface area contributed by atoms with Crippen LogP contribution in [0.3, 0.4) is 0 Å². The van der Waals surface area contributed by atoms with Gasteiger partial charge in [0.2, 0.25) is 0 Å². The van der Waals surface area contributed by atoms with Crippen molar-refractivity contribution in [3.63, 3.8) is 0 Å². The number of hydrogen-bond acceptors (Lipinski definition) is 6. The highest BCUT2D eigenvalue weighted by Crippen LogP contribution is 2.29. The molecule has 8 heteroatoms. The lowest BCUT2D eigenvalue weighted by molar-refractivity contribution is 0.459. The van der Waals surface area contributed by atoms with E-state index in [2.05, 4.69) is 15.3 Å². The summed E-state index contributed by atoms with van der Waals surface area (Å²) >= 11 is 0. The van der Waals surface area contributed by atoms with Gasteiger partial charge < -0.3 is 9.52 Å². The Labute approximate surface area is 171 Å². The van der Waals surface area contributed by atoms with Crippen molar-refractivity contribution in [2.45, 2.75) is 27.3 Å². The highest BCUT2D eigenvalue weighted by molar-refractivity contribution is 5.84. The first-order chi connectivity index (χ1) is 14.3. The molecular formula is C22H20N4O4. The molecule has 2 aromatic carbocycles. The van der Waals surface area contributed by atoms with E-state index in [9.17, 15) is 14.7 Å². The molecule has 0 bridgehead atoms. The smallest absolute Gasteiger partial charge is 0.336 e. The van der Waals surface area contributed by atoms with Crippen LogP contribution in [0.15, 0.2) is 66.7 Å². The van der Waals surface area contributed by atoms with Crippen LogP contribution in [-0.4, -0.2) is 14.9 Å². The fraction of sp³-hybridized carbons (Fsp3) is 0.182. The maximum absolute atomic E-state index is 12.9. The van der Waals surface area contributed by atoms with E-state index in [1.807, 2.05) is 25.1 Å². The molecule has 0 saturated heterocycles. The molecule has 2 heterocycles. The molecule has 8 nitrogen and oxygen atoms in total. The monoisotopic (exact) mass is 404 g/mol. The van der Waals surface area contributed by atoms with Gasteiger partial charge in [0.1, 0.15) is 11.3 Å². The summed E-state index contributed by atoms with van der Waals surface area (Å²) < 4.78 is 6.64. The van der Waals surface area contributed by atoms with Gasteiger partial charge in [0.05, 0.1) is 23.5 Å². The first kappa shape index (κ1) is 19.4. The summed E-state index contributed by atoms with van der Waals surface area (Å²) in [5.74, 6) is -0.0710. The number of nitrogens with zero attached hydrogens (tertiary/aromatic N) is 3. The van der Waals surface area contributed by atoms with E-state index in [0.717, 1.165) is 11.1 Å². The van der Waals surface area contributed by atoms with Crippen LogP contribution < -0.4 is 11.2 Å². The molecule has 0 aliphatic heterocycles. The summed E-state index contributed by atoms with van der Waals surface area (Å²) in [7, 11) is 0. The van der Waals surface area contributed by atoms with Crippen molar-refractivity contribution in [1.82, 2.24) is 9.78 Å². The number of aromatic hydroxyl groups is 1. The second-order valence-corrected chi connectivity index (χ2v) is 7.20. The average molecular weight is 404 g/mol. The van der Waals surface area contributed by atoms with Gasteiger partial charge >= 0.3 is 5.63 Å². The molecule has 30 heavy (non-hydrogen) atoms. The minimum absolute atomic E-state index is 0.0186. The Balaban J connectivity index is 1.76. The fourth-order valence-electron chi connectivity index (χ4n) is 3.36. The SMILES string of the molecule is Cc1cccc(N=Nc2c(C)[nH]n(Cc3c(O)ccc4c(C)cc(=O)oc34)c2=O)c1. The number of rotatable bonds is 4. The Morgan fingerprint density at radius 1 is 1.07 bits per heavy atom. The summed E-state index contributed by atoms with van der Waals surface area (Å²) in [5.41, 5.74) is 2.79. The van der Waals surface area contributed by atoms with Crippen molar-refractivity contribution in [1.29, 1.82) is 0 Å². The molecule has 0 amide bonds. The average Bonchev–Trinajstić information content (AvgIpc) is 2.95. The lowest BCUT2D eigenvalue weighted by Gasteiger charge is -2.09. The Morgan fingerprint density at radius 3 is 2.63 bits per heavy atom. The first-order valence-electron chi connectivity index (χ1n) is 9.36. The van der Waals surface area contributed by atoms with E-state index in [0.29, 0.717) is 22.3 Å². The van der Waals surface area contributed by atoms with Gasteiger partial charge in [-0.15, -0.1) is 5.11 Å². The van der Waals surface area contributed by atoms with E-state index in [1.165, 1.54) is 16.8 Å². The van der Waals surface area contributed by atoms with Crippen molar-refractivity contribution in [2.75, 3.05) is 0 Å². The van der Waals surface area contributed by atoms with Crippen LogP contribution in [0.4, 0.5) is 11.4 Å². The Bertz CT molecular complexity index is 1410. The van der Waals surface area contributed by atoms with E-state index in [4.69, 9.17) is 4.42 Å². The van der Waals surface area contributed by atoms with Gasteiger partial charge in [-0.3, -0.25) is 9.89 Å². The molecule has 4 aromatic rings. The van der Waals surface area contributed by atoms with E-state index < -0.39 is 11.2 Å². The van der Waals surface area contributed by atoms with Crippen LogP contribution in [0.1, 0.15) is 22.4 Å². The highest BCUT2D eigenvalue weighted by atomic mass is 16.4. The van der Waals surface area contributed by atoms with Crippen LogP contribution in [0.2, 0.25) is 0 Å². The Morgan fingerprint density at radius 2 is 1.87 bits per heavy atom. The standard InChI is InChI=1S/C22H20N4O4/c1-12-5-4-6-15(9-12)23-24-20-14(3)25-26(22(20)29)11-17-18(27)8-7-16-13(2)10-19(28)30-21(16)17/h4-10,25,27H,11H2,1-3H3. The minimum Gasteiger partial charge on any atom is -0.507 e. The van der Waals surface area contributed by atoms with Crippen molar-refractivity contribution < 1.29 is 9.52 Å². The first-order valence-corrected chi connectivity index (χ1v) is 9.36. The van der Waals surface area contributed by atoms with E-state index >= 15 is 0 Å². The fourth-order valence-corrected chi connectivity index (χ4v) is 3.36. The van der Waals surface area contributed by atoms with Crippen LogP contribution in [0.5, 0.6) is 5.75 Å². The number of aryl methyl sites for hydroxylation is 3. The van der Waals surface area contributed by atoms with Crippen molar-refractivity contribution in [3.8, 4) is 5.75 Å². The number of phenolic OH excluding ortho intramolecular Hbond substituents is 1. The third-order valence-electron chi connectivity index (χ3n) is 4.89. The summed E-state index contributed by atoms with van der Waals surface area (Å²) in [4.78, 5) is 24.7. The van der Waals surface area contributed by atoms with Crippen molar-refractivity contribution >= 4 is 22.3 Å². The molecule has 0 aliphatic rings. The van der Waals surface area contributed by atoms with Gasteiger partial charge in [-0.05, 0) is 56.2 Å². The predicted molar refractivity (Wildman–Crippen MR) is 113 cm³/mol. The van der Waals surface area contributed by atoms with Crippen LogP contribution in [0.25, 0.3) is 11.0 Å². The topological polar surface area (TPSA) is 113 Å². The molecule has 0 atom stereocenters. The van der Waals surface area contributed by atoms with E-state index in [1.54, 1.807) is 26.0 Å². The number of azo groups is 1. The predicted octanol–water partition coefficient (Wildman–Crippen LogP) is 4.38. The summed E-state index contributed by atoms with van der Waals surface area (Å²) in [6.45, 7) is 5.43. The van der Waals surface area contributed by atoms with E-state index in [-0.39, 0.29) is 23.6 Å². The third kappa shape index (κ3) is 3.55. The summed E-state index contributed by atoms with van der Waals surface area (Å²) in [5, 5.41) is 22.3. The third-order valence-corrected chi connectivity index (χ3v) is 4.89. The number of hydrogen-bond donors (Lipinski definition) is 2. The number of H-pyrrole nitrogens is 1. The number of nitrogens with one attached hydrogen (secondary N) is 1. The Hall–Kier alpha value is -3.94. The quantitative estimate of drug-likeness (QED) is 0.388. The van der Waals surface area contributed by atoms with Gasteiger partial charge in [0.15, 0.2) is 5.69 Å². The minimum atomic E-state index is -0.519. The lowest BCUT2D eigenvalue weighted by atomic mass is 10.1. The molecule has 0 saturated carbocycles. The molecule has 0 unspecified atom stereocenters. The maximum atomic E-state index is 12.9. The molecule has 2 N–H and O–H groups in total. The summed E-state index contributed by atoms with van der Waals surface area (Å²) in [6.07, 6.45) is 0. The summed E-state index contributed by atoms with van der Waals surface area (Å²) in [6, 6.07) is 12.1. The Kier molecular flexibility index (Phi) is 4.83. The number of aromatic amines is 1. The van der Waals surface area contributed by atoms with Crippen LogP contribution in [-0.2, 0) is 6.54 Å². The molecule has 2 aromatic heterocycles. The molecule has 4 rings (SSSR count). The normalized spacial score (nSPS) is 11.6. The largest absolute Gasteiger partial charge is 0.507 e. The molecule has 0 fully saturated rings. The molecule has 0 spiro atoms. The number of aromatic nitrogens is 2. The van der Waals surface area contributed by atoms with Gasteiger partial charge in [0.25, 0.3) is 5.56 Å². The van der Waals surface area contributed by atoms with Gasteiger partial charge in [0, 0.05) is 11.5 Å². The zero-order valence-corrected chi connectivity index (χ0v) is 16.8. The second-order valence-electron chi connectivity index (χ2n) is 7.20. The zero-order chi connectivity index (χ0) is 21.4. The second kappa shape index (κ2) is 7.47. The van der Waals surface area contributed by atoms with Gasteiger partial charge in [-0.2, -0.15) is 5.11 Å². The van der Waals surface area contributed by atoms with Crippen molar-refractivity contribution in [3.05, 3.63) is 85.6 Å². The molecule has 0 radical (unpaired) electrons. The molecule has 0 aliphatic carbocycles. The molecular weight excluding hydrogens is 384 g/mol. The lowest BCUT2D eigenvalue weighted by Crippen LogP contribution is -2.17. The van der Waals surface area contributed by atoms with Crippen LogP contribution in [0, 0.1) is 20.8 Å². The maximum Gasteiger partial charge on any atom is 0.336 e. The highest BCUT2D eigenvalue weighted by Gasteiger charge is 2.17. The number of fused-ring (bicyclic) bond motifs is 1.